The van der Waals surface area contributed by atoms with Crippen LogP contribution in [0.5, 0.6) is 0 Å². The summed E-state index contributed by atoms with van der Waals surface area (Å²) in [7, 11) is 0. The van der Waals surface area contributed by atoms with E-state index in [-0.39, 0.29) is 11.1 Å². The minimum Gasteiger partial charge on any atom is -0.457 e. The van der Waals surface area contributed by atoms with Crippen LogP contribution in [-0.2, 0) is 22.3 Å². The standard InChI is InChI=1S/C17H13F4NO3/c1-10(15(23)11-5-3-7-22-8-11)16(24)25-9-12-4-2-6-13(14(12)18)17(19,20)21/h2-8,15,23H,1,9H2. The molecule has 0 bridgehead atoms. The van der Waals surface area contributed by atoms with Crippen LogP contribution in [0.25, 0.3) is 0 Å². The maximum Gasteiger partial charge on any atom is 0.419 e. The number of aromatic nitrogens is 1. The summed E-state index contributed by atoms with van der Waals surface area (Å²) in [6, 6.07) is 5.70. The predicted octanol–water partition coefficient (Wildman–Crippen LogP) is 3.57. The van der Waals surface area contributed by atoms with E-state index in [1.807, 2.05) is 0 Å². The zero-order valence-corrected chi connectivity index (χ0v) is 12.8. The van der Waals surface area contributed by atoms with E-state index in [0.29, 0.717) is 6.07 Å². The summed E-state index contributed by atoms with van der Waals surface area (Å²) in [5, 5.41) is 10.00. The Kier molecular flexibility index (Phi) is 5.53. The molecule has 1 N–H and O–H groups in total. The third-order valence-electron chi connectivity index (χ3n) is 3.34. The molecule has 1 atom stereocenters. The van der Waals surface area contributed by atoms with Crippen LogP contribution >= 0.6 is 0 Å². The van der Waals surface area contributed by atoms with E-state index in [9.17, 15) is 27.5 Å². The number of aliphatic hydroxyl groups is 1. The van der Waals surface area contributed by atoms with Crippen LogP contribution in [0.15, 0.2) is 54.9 Å². The van der Waals surface area contributed by atoms with Crippen molar-refractivity contribution in [3.8, 4) is 0 Å². The second-order valence-corrected chi connectivity index (χ2v) is 5.07. The lowest BCUT2D eigenvalue weighted by atomic mass is 10.1. The van der Waals surface area contributed by atoms with Gasteiger partial charge in [0, 0.05) is 23.5 Å². The van der Waals surface area contributed by atoms with E-state index in [2.05, 4.69) is 11.6 Å². The van der Waals surface area contributed by atoms with E-state index in [4.69, 9.17) is 4.74 Å². The van der Waals surface area contributed by atoms with Gasteiger partial charge >= 0.3 is 12.1 Å². The first kappa shape index (κ1) is 18.6. The molecule has 0 radical (unpaired) electrons. The van der Waals surface area contributed by atoms with Gasteiger partial charge in [0.25, 0.3) is 0 Å². The van der Waals surface area contributed by atoms with Gasteiger partial charge in [-0.2, -0.15) is 13.2 Å². The number of pyridine rings is 1. The summed E-state index contributed by atoms with van der Waals surface area (Å²) >= 11 is 0. The Morgan fingerprint density at radius 1 is 1.28 bits per heavy atom. The minimum atomic E-state index is -4.86. The Hall–Kier alpha value is -2.74. The highest BCUT2D eigenvalue weighted by molar-refractivity contribution is 5.89. The quantitative estimate of drug-likeness (QED) is 0.506. The summed E-state index contributed by atoms with van der Waals surface area (Å²) in [5.41, 5.74) is -1.95. The molecule has 0 amide bonds. The normalized spacial score (nSPS) is 12.5. The van der Waals surface area contributed by atoms with Gasteiger partial charge in [-0.3, -0.25) is 4.98 Å². The number of nitrogens with zero attached hydrogens (tertiary/aromatic N) is 1. The Bertz CT molecular complexity index is 775. The number of benzene rings is 1. The van der Waals surface area contributed by atoms with Crippen molar-refractivity contribution < 1.29 is 32.2 Å². The molecule has 0 saturated heterocycles. The molecule has 8 heteroatoms. The lowest BCUT2D eigenvalue weighted by molar-refractivity contribution is -0.141. The summed E-state index contributed by atoms with van der Waals surface area (Å²) in [4.78, 5) is 15.7. The third-order valence-corrected chi connectivity index (χ3v) is 3.34. The summed E-state index contributed by atoms with van der Waals surface area (Å²) in [6.45, 7) is 2.67. The summed E-state index contributed by atoms with van der Waals surface area (Å²) < 4.78 is 56.6. The van der Waals surface area contributed by atoms with Crippen LogP contribution in [0.2, 0.25) is 0 Å². The average molecular weight is 355 g/mol. The number of halogens is 4. The van der Waals surface area contributed by atoms with Crippen LogP contribution < -0.4 is 0 Å². The number of aliphatic hydroxyl groups excluding tert-OH is 1. The van der Waals surface area contributed by atoms with Crippen LogP contribution in [0.1, 0.15) is 22.8 Å². The maximum absolute atomic E-state index is 13.9. The molecule has 1 unspecified atom stereocenters. The first-order chi connectivity index (χ1) is 11.7. The van der Waals surface area contributed by atoms with Gasteiger partial charge in [0.05, 0.1) is 11.1 Å². The molecular formula is C17H13F4NO3. The second-order valence-electron chi connectivity index (χ2n) is 5.07. The molecule has 2 aromatic rings. The van der Waals surface area contributed by atoms with Gasteiger partial charge < -0.3 is 9.84 Å². The zero-order valence-electron chi connectivity index (χ0n) is 12.8. The molecule has 0 saturated carbocycles. The highest BCUT2D eigenvalue weighted by Crippen LogP contribution is 2.32. The number of ether oxygens (including phenoxy) is 1. The van der Waals surface area contributed by atoms with Crippen molar-refractivity contribution in [1.29, 1.82) is 0 Å². The van der Waals surface area contributed by atoms with Gasteiger partial charge in [-0.05, 0) is 12.1 Å². The van der Waals surface area contributed by atoms with Gasteiger partial charge in [-0.25, -0.2) is 9.18 Å². The van der Waals surface area contributed by atoms with Crippen LogP contribution in [0, 0.1) is 5.82 Å². The van der Waals surface area contributed by atoms with Gasteiger partial charge in [-0.1, -0.05) is 24.8 Å². The largest absolute Gasteiger partial charge is 0.457 e. The van der Waals surface area contributed by atoms with E-state index in [1.54, 1.807) is 0 Å². The fourth-order valence-corrected chi connectivity index (χ4v) is 2.00. The summed E-state index contributed by atoms with van der Waals surface area (Å²) in [6.07, 6.45) is -3.47. The van der Waals surface area contributed by atoms with Crippen molar-refractivity contribution in [1.82, 2.24) is 4.98 Å². The highest BCUT2D eigenvalue weighted by atomic mass is 19.4. The first-order valence-electron chi connectivity index (χ1n) is 7.00. The predicted molar refractivity (Wildman–Crippen MR) is 79.5 cm³/mol. The van der Waals surface area contributed by atoms with E-state index in [0.717, 1.165) is 12.1 Å². The number of hydrogen-bond acceptors (Lipinski definition) is 4. The smallest absolute Gasteiger partial charge is 0.419 e. The molecule has 1 aromatic carbocycles. The number of carbonyl (C=O) groups excluding carboxylic acids is 1. The highest BCUT2D eigenvalue weighted by Gasteiger charge is 2.35. The third kappa shape index (κ3) is 4.42. The number of hydrogen-bond donors (Lipinski definition) is 1. The fraction of sp³-hybridized carbons (Fsp3) is 0.176. The molecule has 0 aliphatic carbocycles. The topological polar surface area (TPSA) is 59.4 Å². The molecule has 1 heterocycles. The Balaban J connectivity index is 2.06. The van der Waals surface area contributed by atoms with Gasteiger partial charge in [0.1, 0.15) is 18.5 Å². The van der Waals surface area contributed by atoms with Crippen LogP contribution in [-0.4, -0.2) is 16.1 Å². The molecule has 0 aliphatic heterocycles. The number of esters is 1. The number of alkyl halides is 3. The molecule has 1 aromatic heterocycles. The lowest BCUT2D eigenvalue weighted by Crippen LogP contribution is -2.15. The van der Waals surface area contributed by atoms with Crippen molar-refractivity contribution >= 4 is 5.97 Å². The molecule has 0 fully saturated rings. The van der Waals surface area contributed by atoms with Gasteiger partial charge in [-0.15, -0.1) is 0 Å². The Morgan fingerprint density at radius 3 is 2.60 bits per heavy atom. The molecule has 132 valence electrons. The van der Waals surface area contributed by atoms with Crippen molar-refractivity contribution in [2.24, 2.45) is 0 Å². The number of carbonyl (C=O) groups is 1. The molecular weight excluding hydrogens is 342 g/mol. The van der Waals surface area contributed by atoms with Crippen molar-refractivity contribution in [3.05, 3.63) is 77.4 Å². The first-order valence-corrected chi connectivity index (χ1v) is 7.00. The van der Waals surface area contributed by atoms with Crippen LogP contribution in [0.4, 0.5) is 17.6 Å². The van der Waals surface area contributed by atoms with Crippen molar-refractivity contribution in [3.63, 3.8) is 0 Å². The SMILES string of the molecule is C=C(C(=O)OCc1cccc(C(F)(F)F)c1F)C(O)c1cccnc1. The minimum absolute atomic E-state index is 0.287. The van der Waals surface area contributed by atoms with E-state index >= 15 is 0 Å². The summed E-state index contributed by atoms with van der Waals surface area (Å²) in [5.74, 6) is -2.57. The molecule has 25 heavy (non-hydrogen) atoms. The van der Waals surface area contributed by atoms with Crippen molar-refractivity contribution in [2.45, 2.75) is 18.9 Å². The maximum atomic E-state index is 13.9. The number of rotatable bonds is 5. The average Bonchev–Trinajstić information content (AvgIpc) is 2.59. The van der Waals surface area contributed by atoms with Gasteiger partial charge in [0.2, 0.25) is 0 Å². The van der Waals surface area contributed by atoms with Crippen molar-refractivity contribution in [2.75, 3.05) is 0 Å². The Morgan fingerprint density at radius 2 is 2.00 bits per heavy atom. The molecule has 2 rings (SSSR count). The second kappa shape index (κ2) is 7.43. The van der Waals surface area contributed by atoms with E-state index in [1.165, 1.54) is 24.5 Å². The molecule has 0 spiro atoms. The Labute approximate surface area is 140 Å². The zero-order chi connectivity index (χ0) is 18.6. The fourth-order valence-electron chi connectivity index (χ4n) is 2.00. The lowest BCUT2D eigenvalue weighted by Gasteiger charge is -2.14. The molecule has 4 nitrogen and oxygen atoms in total. The van der Waals surface area contributed by atoms with Crippen LogP contribution in [0.3, 0.4) is 0 Å². The monoisotopic (exact) mass is 355 g/mol. The van der Waals surface area contributed by atoms with Gasteiger partial charge in [0.15, 0.2) is 0 Å². The van der Waals surface area contributed by atoms with E-state index < -0.39 is 41.8 Å². The molecule has 0 aliphatic rings.